The van der Waals surface area contributed by atoms with Crippen LogP contribution in [0.2, 0.25) is 5.02 Å². The lowest BCUT2D eigenvalue weighted by Crippen LogP contribution is -2.19. The van der Waals surface area contributed by atoms with E-state index < -0.39 is 0 Å². The van der Waals surface area contributed by atoms with Crippen molar-refractivity contribution in [1.82, 2.24) is 5.43 Å². The number of nitrogens with zero attached hydrogens (tertiary/aromatic N) is 1. The molecule has 5 nitrogen and oxygen atoms in total. The Labute approximate surface area is 181 Å². The van der Waals surface area contributed by atoms with Crippen molar-refractivity contribution in [3.05, 3.63) is 99.0 Å². The van der Waals surface area contributed by atoms with Gasteiger partial charge in [0.25, 0.3) is 11.8 Å². The average Bonchev–Trinajstić information content (AvgIpc) is 2.72. The first-order valence-corrected chi connectivity index (χ1v) is 9.87. The molecule has 0 spiro atoms. The van der Waals surface area contributed by atoms with Crippen LogP contribution in [-0.4, -0.2) is 17.5 Å². The fourth-order valence-electron chi connectivity index (χ4n) is 2.53. The van der Waals surface area contributed by atoms with Gasteiger partial charge in [-0.25, -0.2) is 5.43 Å². The normalized spacial score (nSPS) is 11.1. The topological polar surface area (TPSA) is 70.6 Å². The summed E-state index contributed by atoms with van der Waals surface area (Å²) in [4.78, 5) is 24.5. The Kier molecular flexibility index (Phi) is 6.80. The smallest absolute Gasteiger partial charge is 0.271 e. The van der Waals surface area contributed by atoms with Gasteiger partial charge in [0.1, 0.15) is 0 Å². The van der Waals surface area contributed by atoms with Gasteiger partial charge in [0.05, 0.1) is 16.3 Å². The van der Waals surface area contributed by atoms with E-state index in [1.165, 1.54) is 0 Å². The first kappa shape index (κ1) is 20.8. The van der Waals surface area contributed by atoms with Crippen LogP contribution in [0, 0.1) is 0 Å². The van der Waals surface area contributed by atoms with Gasteiger partial charge in [0, 0.05) is 15.7 Å². The minimum absolute atomic E-state index is 0.282. The molecule has 0 saturated heterocycles. The summed E-state index contributed by atoms with van der Waals surface area (Å²) >= 11 is 9.39. The Morgan fingerprint density at radius 2 is 1.62 bits per heavy atom. The van der Waals surface area contributed by atoms with Crippen LogP contribution in [0.3, 0.4) is 0 Å². The number of carbonyl (C=O) groups is 2. The third kappa shape index (κ3) is 5.53. The predicted octanol–water partition coefficient (Wildman–Crippen LogP) is 5.51. The average molecular weight is 471 g/mol. The number of hydrogen-bond donors (Lipinski definition) is 2. The number of carbonyl (C=O) groups excluding carboxylic acids is 2. The van der Waals surface area contributed by atoms with E-state index in [1.807, 2.05) is 18.2 Å². The van der Waals surface area contributed by atoms with E-state index in [0.29, 0.717) is 27.5 Å². The minimum Gasteiger partial charge on any atom is -0.322 e. The molecule has 3 aromatic carbocycles. The quantitative estimate of drug-likeness (QED) is 0.381. The monoisotopic (exact) mass is 469 g/mol. The van der Waals surface area contributed by atoms with E-state index in [4.69, 9.17) is 11.6 Å². The Bertz CT molecular complexity index is 1080. The van der Waals surface area contributed by atoms with Gasteiger partial charge in [-0.1, -0.05) is 57.9 Å². The number of benzene rings is 3. The zero-order valence-corrected chi connectivity index (χ0v) is 17.8. The summed E-state index contributed by atoms with van der Waals surface area (Å²) in [6.07, 6.45) is 0. The second kappa shape index (κ2) is 9.49. The van der Waals surface area contributed by atoms with Crippen molar-refractivity contribution in [3.63, 3.8) is 0 Å². The summed E-state index contributed by atoms with van der Waals surface area (Å²) in [7, 11) is 0. The molecule has 3 rings (SSSR count). The van der Waals surface area contributed by atoms with E-state index in [9.17, 15) is 9.59 Å². The molecule has 0 unspecified atom stereocenters. The molecule has 3 aromatic rings. The van der Waals surface area contributed by atoms with Crippen LogP contribution in [-0.2, 0) is 0 Å². The molecule has 0 radical (unpaired) electrons. The number of anilines is 1. The molecule has 0 aliphatic carbocycles. The van der Waals surface area contributed by atoms with Gasteiger partial charge in [-0.15, -0.1) is 0 Å². The van der Waals surface area contributed by atoms with Gasteiger partial charge >= 0.3 is 0 Å². The third-order valence-corrected chi connectivity index (χ3v) is 4.91. The van der Waals surface area contributed by atoms with Crippen molar-refractivity contribution < 1.29 is 9.59 Å². The fourth-order valence-corrected chi connectivity index (χ4v) is 3.15. The van der Waals surface area contributed by atoms with Gasteiger partial charge in [0.15, 0.2) is 0 Å². The van der Waals surface area contributed by atoms with Crippen molar-refractivity contribution in [3.8, 4) is 0 Å². The second-order valence-corrected chi connectivity index (χ2v) is 7.48. The van der Waals surface area contributed by atoms with Gasteiger partial charge in [-0.2, -0.15) is 5.10 Å². The first-order valence-electron chi connectivity index (χ1n) is 8.70. The lowest BCUT2D eigenvalue weighted by Gasteiger charge is -2.08. The molecule has 0 bridgehead atoms. The summed E-state index contributed by atoms with van der Waals surface area (Å²) in [6.45, 7) is 1.79. The van der Waals surface area contributed by atoms with Crippen molar-refractivity contribution in [1.29, 1.82) is 0 Å². The Morgan fingerprint density at radius 1 is 0.897 bits per heavy atom. The summed E-state index contributed by atoms with van der Waals surface area (Å²) in [5.74, 6) is -0.579. The van der Waals surface area contributed by atoms with Crippen LogP contribution in [0.15, 0.2) is 82.4 Å². The highest BCUT2D eigenvalue weighted by atomic mass is 79.9. The van der Waals surface area contributed by atoms with Gasteiger partial charge in [-0.3, -0.25) is 9.59 Å². The Balaban J connectivity index is 1.64. The lowest BCUT2D eigenvalue weighted by atomic mass is 10.1. The molecule has 0 aromatic heterocycles. The summed E-state index contributed by atoms with van der Waals surface area (Å²) in [5, 5.41) is 7.35. The molecule has 0 aliphatic heterocycles. The van der Waals surface area contributed by atoms with E-state index in [2.05, 4.69) is 31.8 Å². The van der Waals surface area contributed by atoms with Gasteiger partial charge < -0.3 is 5.32 Å². The van der Waals surface area contributed by atoms with Crippen LogP contribution in [0.1, 0.15) is 33.2 Å². The summed E-state index contributed by atoms with van der Waals surface area (Å²) < 4.78 is 0.820. The molecule has 0 fully saturated rings. The molecular weight excluding hydrogens is 454 g/mol. The van der Waals surface area contributed by atoms with Crippen LogP contribution >= 0.6 is 27.5 Å². The van der Waals surface area contributed by atoms with Crippen LogP contribution < -0.4 is 10.7 Å². The van der Waals surface area contributed by atoms with Crippen LogP contribution in [0.5, 0.6) is 0 Å². The number of nitrogens with one attached hydrogen (secondary N) is 2. The van der Waals surface area contributed by atoms with Crippen molar-refractivity contribution in [2.45, 2.75) is 6.92 Å². The molecule has 146 valence electrons. The molecule has 2 amide bonds. The van der Waals surface area contributed by atoms with E-state index in [0.717, 1.165) is 10.0 Å². The third-order valence-electron chi connectivity index (χ3n) is 4.09. The number of hydrogen-bond acceptors (Lipinski definition) is 3. The van der Waals surface area contributed by atoms with Crippen LogP contribution in [0.4, 0.5) is 5.69 Å². The zero-order chi connectivity index (χ0) is 20.8. The van der Waals surface area contributed by atoms with E-state index in [-0.39, 0.29) is 11.8 Å². The predicted molar refractivity (Wildman–Crippen MR) is 120 cm³/mol. The molecular formula is C22H17BrClN3O2. The highest BCUT2D eigenvalue weighted by molar-refractivity contribution is 9.10. The SMILES string of the molecule is CC(=NNC(=O)c1cccc(Br)c1)c1ccc(NC(=O)c2ccccc2Cl)cc1. The molecule has 0 heterocycles. The number of amides is 2. The molecule has 0 aliphatic rings. The summed E-state index contributed by atoms with van der Waals surface area (Å²) in [6, 6.07) is 21.1. The molecule has 29 heavy (non-hydrogen) atoms. The van der Waals surface area contributed by atoms with Crippen LogP contribution in [0.25, 0.3) is 0 Å². The van der Waals surface area contributed by atoms with Gasteiger partial charge in [0.2, 0.25) is 0 Å². The van der Waals surface area contributed by atoms with Crippen molar-refractivity contribution in [2.24, 2.45) is 5.10 Å². The number of halogens is 2. The van der Waals surface area contributed by atoms with E-state index >= 15 is 0 Å². The molecule has 2 N–H and O–H groups in total. The minimum atomic E-state index is -0.297. The highest BCUT2D eigenvalue weighted by Gasteiger charge is 2.10. The Hall–Kier alpha value is -2.96. The second-order valence-electron chi connectivity index (χ2n) is 6.16. The number of rotatable bonds is 5. The molecule has 0 atom stereocenters. The van der Waals surface area contributed by atoms with E-state index in [1.54, 1.807) is 61.5 Å². The maximum atomic E-state index is 12.3. The van der Waals surface area contributed by atoms with Crippen molar-refractivity contribution >= 4 is 50.7 Å². The largest absolute Gasteiger partial charge is 0.322 e. The Morgan fingerprint density at radius 3 is 2.31 bits per heavy atom. The molecule has 7 heteroatoms. The lowest BCUT2D eigenvalue weighted by molar-refractivity contribution is 0.0954. The standard InChI is InChI=1S/C22H17BrClN3O2/c1-14(26-27-21(28)16-5-4-6-17(23)13-16)15-9-11-18(12-10-15)25-22(29)19-7-2-3-8-20(19)24/h2-13H,1H3,(H,25,29)(H,27,28). The molecule has 0 saturated carbocycles. The number of hydrazone groups is 1. The fraction of sp³-hybridized carbons (Fsp3) is 0.0455. The van der Waals surface area contributed by atoms with Gasteiger partial charge in [-0.05, 0) is 55.0 Å². The highest BCUT2D eigenvalue weighted by Crippen LogP contribution is 2.18. The summed E-state index contributed by atoms with van der Waals surface area (Å²) in [5.41, 5.74) is 5.54. The van der Waals surface area contributed by atoms with Crippen molar-refractivity contribution in [2.75, 3.05) is 5.32 Å². The maximum Gasteiger partial charge on any atom is 0.271 e. The maximum absolute atomic E-state index is 12.3. The first-order chi connectivity index (χ1) is 13.9. The zero-order valence-electron chi connectivity index (χ0n) is 15.4.